The van der Waals surface area contributed by atoms with Gasteiger partial charge in [-0.1, -0.05) is 209 Å². The number of hydrogen-bond acceptors (Lipinski definition) is 11. The molecule has 1 aliphatic rings. The van der Waals surface area contributed by atoms with E-state index in [1.165, 1.54) is 77.0 Å². The molecule has 1 rings (SSSR count). The normalized spacial score (nSPS) is 19.0. The molecule has 0 aliphatic carbocycles. The predicted octanol–water partition coefficient (Wildman–Crippen LogP) is 13.8. The van der Waals surface area contributed by atoms with Gasteiger partial charge in [0.25, 0.3) is 0 Å². The van der Waals surface area contributed by atoms with Gasteiger partial charge in [-0.2, -0.15) is 0 Å². The van der Waals surface area contributed by atoms with Gasteiger partial charge < -0.3 is 39.0 Å². The van der Waals surface area contributed by atoms with Gasteiger partial charge in [0.1, 0.15) is 18.8 Å². The minimum absolute atomic E-state index is 0.0167. The number of hydrogen-bond donors (Lipinski definition) is 3. The van der Waals surface area contributed by atoms with Gasteiger partial charge in [-0.15, -0.1) is 0 Å². The van der Waals surface area contributed by atoms with E-state index in [1.54, 1.807) is 6.08 Å². The van der Waals surface area contributed by atoms with Crippen molar-refractivity contribution in [1.29, 1.82) is 0 Å². The topological polar surface area (TPSA) is 175 Å². The second kappa shape index (κ2) is 47.2. The molecule has 12 heteroatoms. The number of carbonyl (C=O) groups is 4. The molecule has 406 valence electrons. The Morgan fingerprint density at radius 2 is 0.930 bits per heavy atom. The fraction of sp³-hybridized carbons (Fsp3) is 0.729. The SMILES string of the molecule is CC/C=C\C/C=C\C/C=C\C/C=C\C/C=C\CC(=O)OCC(COC1OC(C(=O)O)C(O)C(O)C1OC(=O)CCCCCCCCCCCCCCC)OC(=O)CCCCCCC/C=C\CCCCCC. The van der Waals surface area contributed by atoms with Crippen LogP contribution in [0.1, 0.15) is 226 Å². The maximum Gasteiger partial charge on any atom is 0.335 e. The highest BCUT2D eigenvalue weighted by Crippen LogP contribution is 2.26. The average molecular weight is 999 g/mol. The standard InChI is InChI=1S/C59H98O12/c1-4-7-10-13-16-19-22-25-26-29-30-33-36-39-42-45-51(60)67-48-50(69-52(61)46-43-40-37-34-31-27-23-20-17-14-11-8-5-2)49-68-59-57(55(64)54(63)56(71-59)58(65)66)70-53(62)47-44-41-38-35-32-28-24-21-18-15-12-9-6-3/h7,10,16,19-20,23,25-26,30,33,39,42,50,54-57,59,63-64H,4-6,8-9,11-15,17-18,21-22,24,27-29,31-32,34-38,40-41,43-49H2,1-3H3,(H,65,66)/b10-7-,19-16-,23-20-,26-25-,33-30-,42-39-. The van der Waals surface area contributed by atoms with Crippen LogP contribution in [0, 0.1) is 0 Å². The van der Waals surface area contributed by atoms with Crippen molar-refractivity contribution in [2.45, 2.75) is 263 Å². The molecule has 1 fully saturated rings. The number of carboxylic acid groups (broad SMARTS) is 1. The van der Waals surface area contributed by atoms with Crippen LogP contribution < -0.4 is 0 Å². The molecule has 1 saturated heterocycles. The zero-order chi connectivity index (χ0) is 51.8. The molecule has 1 heterocycles. The van der Waals surface area contributed by atoms with Crippen LogP contribution in [0.25, 0.3) is 0 Å². The Bertz CT molecular complexity index is 1510. The van der Waals surface area contributed by atoms with Gasteiger partial charge in [0, 0.05) is 12.8 Å². The second-order valence-electron chi connectivity index (χ2n) is 18.9. The van der Waals surface area contributed by atoms with Crippen LogP contribution in [-0.4, -0.2) is 89.2 Å². The Morgan fingerprint density at radius 3 is 1.42 bits per heavy atom. The lowest BCUT2D eigenvalue weighted by Crippen LogP contribution is -2.61. The molecule has 6 unspecified atom stereocenters. The van der Waals surface area contributed by atoms with Crippen LogP contribution in [0.2, 0.25) is 0 Å². The molecule has 71 heavy (non-hydrogen) atoms. The number of aliphatic hydroxyl groups excluding tert-OH is 2. The van der Waals surface area contributed by atoms with Crippen LogP contribution in [0.15, 0.2) is 72.9 Å². The van der Waals surface area contributed by atoms with E-state index in [9.17, 15) is 34.5 Å². The number of ether oxygens (including phenoxy) is 5. The van der Waals surface area contributed by atoms with Crippen LogP contribution in [-0.2, 0) is 42.9 Å². The summed E-state index contributed by atoms with van der Waals surface area (Å²) in [7, 11) is 0. The zero-order valence-electron chi connectivity index (χ0n) is 44.4. The molecule has 6 atom stereocenters. The lowest BCUT2D eigenvalue weighted by molar-refractivity contribution is -0.301. The van der Waals surface area contributed by atoms with Gasteiger partial charge in [0.15, 0.2) is 24.6 Å². The molecule has 0 spiro atoms. The number of rotatable bonds is 46. The zero-order valence-corrected chi connectivity index (χ0v) is 44.4. The van der Waals surface area contributed by atoms with E-state index in [4.69, 9.17) is 23.7 Å². The van der Waals surface area contributed by atoms with Gasteiger partial charge in [-0.25, -0.2) is 4.79 Å². The third kappa shape index (κ3) is 37.6. The highest BCUT2D eigenvalue weighted by atomic mass is 16.7. The Balaban J connectivity index is 2.77. The van der Waals surface area contributed by atoms with E-state index < -0.39 is 67.3 Å². The van der Waals surface area contributed by atoms with Crippen LogP contribution in [0.4, 0.5) is 0 Å². The summed E-state index contributed by atoms with van der Waals surface area (Å²) in [5.41, 5.74) is 0. The highest BCUT2D eigenvalue weighted by molar-refractivity contribution is 5.74. The first-order chi connectivity index (χ1) is 34.6. The summed E-state index contributed by atoms with van der Waals surface area (Å²) in [4.78, 5) is 50.9. The van der Waals surface area contributed by atoms with E-state index in [0.717, 1.165) is 89.9 Å². The number of aliphatic carboxylic acids is 1. The fourth-order valence-electron chi connectivity index (χ4n) is 8.02. The first-order valence-corrected chi connectivity index (χ1v) is 27.9. The summed E-state index contributed by atoms with van der Waals surface area (Å²) in [6.45, 7) is 5.75. The van der Waals surface area contributed by atoms with Crippen molar-refractivity contribution in [3.8, 4) is 0 Å². The Morgan fingerprint density at radius 1 is 0.493 bits per heavy atom. The number of carbonyl (C=O) groups excluding carboxylic acids is 3. The minimum atomic E-state index is -1.91. The van der Waals surface area contributed by atoms with Gasteiger partial charge in [-0.3, -0.25) is 14.4 Å². The first kappa shape index (κ1) is 65.2. The number of carboxylic acids is 1. The predicted molar refractivity (Wildman–Crippen MR) is 285 cm³/mol. The van der Waals surface area contributed by atoms with Crippen molar-refractivity contribution >= 4 is 23.9 Å². The maximum absolute atomic E-state index is 13.1. The van der Waals surface area contributed by atoms with Crippen molar-refractivity contribution in [2.24, 2.45) is 0 Å². The smallest absolute Gasteiger partial charge is 0.335 e. The summed E-state index contributed by atoms with van der Waals surface area (Å²) in [5.74, 6) is -3.29. The molecule has 0 aromatic rings. The molecule has 0 saturated carbocycles. The highest BCUT2D eigenvalue weighted by Gasteiger charge is 2.50. The second-order valence-corrected chi connectivity index (χ2v) is 18.9. The van der Waals surface area contributed by atoms with E-state index in [-0.39, 0.29) is 25.9 Å². The number of allylic oxidation sites excluding steroid dienone is 11. The van der Waals surface area contributed by atoms with E-state index in [2.05, 4.69) is 75.5 Å². The minimum Gasteiger partial charge on any atom is -0.479 e. The molecule has 0 aromatic carbocycles. The van der Waals surface area contributed by atoms with E-state index in [1.807, 2.05) is 12.2 Å². The number of esters is 3. The van der Waals surface area contributed by atoms with Crippen molar-refractivity contribution in [3.05, 3.63) is 72.9 Å². The first-order valence-electron chi connectivity index (χ1n) is 27.9. The molecule has 3 N–H and O–H groups in total. The largest absolute Gasteiger partial charge is 0.479 e. The molecule has 12 nitrogen and oxygen atoms in total. The van der Waals surface area contributed by atoms with E-state index >= 15 is 0 Å². The lowest BCUT2D eigenvalue weighted by Gasteiger charge is -2.40. The fourth-order valence-corrected chi connectivity index (χ4v) is 8.02. The quantitative estimate of drug-likeness (QED) is 0.0228. The lowest BCUT2D eigenvalue weighted by atomic mass is 9.98. The van der Waals surface area contributed by atoms with Gasteiger partial charge in [-0.05, 0) is 70.6 Å². The Kier molecular flexibility index (Phi) is 43.3. The van der Waals surface area contributed by atoms with Gasteiger partial charge in [0.05, 0.1) is 13.0 Å². The summed E-state index contributed by atoms with van der Waals surface area (Å²) in [5, 5.41) is 31.4. The number of unbranched alkanes of at least 4 members (excludes halogenated alkanes) is 21. The Hall–Kier alpha value is -3.84. The third-order valence-electron chi connectivity index (χ3n) is 12.3. The van der Waals surface area contributed by atoms with Crippen molar-refractivity contribution in [2.75, 3.05) is 13.2 Å². The summed E-state index contributed by atoms with van der Waals surface area (Å²) < 4.78 is 28.2. The van der Waals surface area contributed by atoms with Gasteiger partial charge in [0.2, 0.25) is 0 Å². The number of aliphatic hydroxyl groups is 2. The molecule has 0 bridgehead atoms. The van der Waals surface area contributed by atoms with E-state index in [0.29, 0.717) is 19.3 Å². The monoisotopic (exact) mass is 999 g/mol. The summed E-state index contributed by atoms with van der Waals surface area (Å²) in [6.07, 6.45) is 46.2. The Labute approximate surface area is 429 Å². The van der Waals surface area contributed by atoms with Crippen LogP contribution >= 0.6 is 0 Å². The van der Waals surface area contributed by atoms with Crippen molar-refractivity contribution in [3.63, 3.8) is 0 Å². The molecule has 0 radical (unpaired) electrons. The molecule has 0 aromatic heterocycles. The molecular weight excluding hydrogens is 901 g/mol. The molecule has 0 amide bonds. The van der Waals surface area contributed by atoms with Crippen molar-refractivity contribution in [1.82, 2.24) is 0 Å². The third-order valence-corrected chi connectivity index (χ3v) is 12.3. The molecular formula is C59H98O12. The summed E-state index contributed by atoms with van der Waals surface area (Å²) in [6, 6.07) is 0. The van der Waals surface area contributed by atoms with Crippen molar-refractivity contribution < 1.29 is 58.2 Å². The average Bonchev–Trinajstić information content (AvgIpc) is 3.35. The maximum atomic E-state index is 13.1. The van der Waals surface area contributed by atoms with Crippen LogP contribution in [0.3, 0.4) is 0 Å². The van der Waals surface area contributed by atoms with Crippen LogP contribution in [0.5, 0.6) is 0 Å². The van der Waals surface area contributed by atoms with Gasteiger partial charge >= 0.3 is 23.9 Å². The molecule has 1 aliphatic heterocycles. The summed E-state index contributed by atoms with van der Waals surface area (Å²) >= 11 is 0.